The molecule has 1 heterocycles. The maximum atomic E-state index is 4.32. The minimum Gasteiger partial charge on any atom is -0.307 e. The molecule has 4 heteroatoms. The second-order valence-electron chi connectivity index (χ2n) is 3.85. The number of rotatable bonds is 5. The van der Waals surface area contributed by atoms with Gasteiger partial charge in [-0.1, -0.05) is 29.8 Å². The zero-order chi connectivity index (χ0) is 11.3. The van der Waals surface area contributed by atoms with Crippen molar-refractivity contribution in [2.24, 2.45) is 5.92 Å². The highest BCUT2D eigenvalue weighted by atomic mass is 79.9. The summed E-state index contributed by atoms with van der Waals surface area (Å²) in [6, 6.07) is 4.54. The van der Waals surface area contributed by atoms with Gasteiger partial charge in [-0.3, -0.25) is 4.98 Å². The number of hydrogen-bond acceptors (Lipinski definition) is 2. The molecule has 0 radical (unpaired) electrons. The van der Waals surface area contributed by atoms with E-state index in [1.807, 2.05) is 18.3 Å². The predicted octanol–water partition coefficient (Wildman–Crippen LogP) is 3.35. The molecule has 0 amide bonds. The summed E-state index contributed by atoms with van der Waals surface area (Å²) in [4.78, 5) is 4.32. The van der Waals surface area contributed by atoms with E-state index in [2.05, 4.69) is 56.0 Å². The van der Waals surface area contributed by atoms with Gasteiger partial charge in [-0.25, -0.2) is 0 Å². The second kappa shape index (κ2) is 6.61. The first kappa shape index (κ1) is 13.1. The number of pyridine rings is 1. The summed E-state index contributed by atoms with van der Waals surface area (Å²) in [6.07, 6.45) is 1.83. The van der Waals surface area contributed by atoms with Gasteiger partial charge in [-0.2, -0.15) is 0 Å². The van der Waals surface area contributed by atoms with Crippen molar-refractivity contribution >= 4 is 31.9 Å². The highest BCUT2D eigenvalue weighted by Gasteiger charge is 2.10. The van der Waals surface area contributed by atoms with Crippen LogP contribution in [0.15, 0.2) is 22.8 Å². The molecule has 0 bridgehead atoms. The van der Waals surface area contributed by atoms with Crippen molar-refractivity contribution in [1.29, 1.82) is 0 Å². The SMILES string of the molecule is CC(C)C(CBr)NCc1ccc(Br)cn1. The monoisotopic (exact) mass is 334 g/mol. The molecule has 1 aromatic heterocycles. The van der Waals surface area contributed by atoms with E-state index in [9.17, 15) is 0 Å². The topological polar surface area (TPSA) is 24.9 Å². The first-order chi connectivity index (χ1) is 7.13. The van der Waals surface area contributed by atoms with Gasteiger partial charge in [-0.05, 0) is 34.0 Å². The lowest BCUT2D eigenvalue weighted by Gasteiger charge is -2.19. The number of hydrogen-bond donors (Lipinski definition) is 1. The average molecular weight is 336 g/mol. The van der Waals surface area contributed by atoms with Crippen molar-refractivity contribution in [2.75, 3.05) is 5.33 Å². The Bertz CT molecular complexity index is 285. The lowest BCUT2D eigenvalue weighted by atomic mass is 10.1. The molecule has 1 unspecified atom stereocenters. The van der Waals surface area contributed by atoms with Crippen LogP contribution < -0.4 is 5.32 Å². The van der Waals surface area contributed by atoms with E-state index < -0.39 is 0 Å². The van der Waals surface area contributed by atoms with Gasteiger partial charge in [0.05, 0.1) is 5.69 Å². The van der Waals surface area contributed by atoms with Crippen LogP contribution in [0.1, 0.15) is 19.5 Å². The summed E-state index contributed by atoms with van der Waals surface area (Å²) in [7, 11) is 0. The molecule has 1 rings (SSSR count). The van der Waals surface area contributed by atoms with E-state index in [4.69, 9.17) is 0 Å². The maximum absolute atomic E-state index is 4.32. The predicted molar refractivity (Wildman–Crippen MR) is 71.2 cm³/mol. The molecule has 0 aromatic carbocycles. The highest BCUT2D eigenvalue weighted by molar-refractivity contribution is 9.10. The smallest absolute Gasteiger partial charge is 0.0542 e. The fraction of sp³-hybridized carbons (Fsp3) is 0.545. The zero-order valence-electron chi connectivity index (χ0n) is 9.00. The van der Waals surface area contributed by atoms with Crippen molar-refractivity contribution in [3.8, 4) is 0 Å². The first-order valence-corrected chi connectivity index (χ1v) is 6.94. The van der Waals surface area contributed by atoms with Gasteiger partial charge in [0.2, 0.25) is 0 Å². The Balaban J connectivity index is 2.45. The Morgan fingerprint density at radius 2 is 2.13 bits per heavy atom. The zero-order valence-corrected chi connectivity index (χ0v) is 12.2. The Hall–Kier alpha value is 0.0700. The summed E-state index contributed by atoms with van der Waals surface area (Å²) < 4.78 is 1.02. The van der Waals surface area contributed by atoms with E-state index in [-0.39, 0.29) is 0 Å². The van der Waals surface area contributed by atoms with Crippen LogP contribution in [0.3, 0.4) is 0 Å². The van der Waals surface area contributed by atoms with Crippen LogP contribution >= 0.6 is 31.9 Å². The molecule has 1 N–H and O–H groups in total. The molecule has 0 saturated carbocycles. The highest BCUT2D eigenvalue weighted by Crippen LogP contribution is 2.09. The first-order valence-electron chi connectivity index (χ1n) is 5.03. The van der Waals surface area contributed by atoms with Gasteiger partial charge >= 0.3 is 0 Å². The fourth-order valence-electron chi connectivity index (χ4n) is 1.22. The van der Waals surface area contributed by atoms with E-state index in [1.165, 1.54) is 0 Å². The van der Waals surface area contributed by atoms with Gasteiger partial charge in [0.25, 0.3) is 0 Å². The molecule has 15 heavy (non-hydrogen) atoms. The summed E-state index contributed by atoms with van der Waals surface area (Å²) in [5.41, 5.74) is 1.07. The van der Waals surface area contributed by atoms with Crippen molar-refractivity contribution in [2.45, 2.75) is 26.4 Å². The summed E-state index contributed by atoms with van der Waals surface area (Å²) in [6.45, 7) is 5.25. The maximum Gasteiger partial charge on any atom is 0.0542 e. The molecule has 0 spiro atoms. The van der Waals surface area contributed by atoms with Gasteiger partial charge < -0.3 is 5.32 Å². The Morgan fingerprint density at radius 3 is 2.60 bits per heavy atom. The molecule has 1 aromatic rings. The van der Waals surface area contributed by atoms with Crippen molar-refractivity contribution in [3.05, 3.63) is 28.5 Å². The molecule has 0 fully saturated rings. The third-order valence-electron chi connectivity index (χ3n) is 2.30. The van der Waals surface area contributed by atoms with Crippen LogP contribution in [0.2, 0.25) is 0 Å². The molecular weight excluding hydrogens is 320 g/mol. The molecular formula is C11H16Br2N2. The van der Waals surface area contributed by atoms with Crippen LogP contribution in [0.4, 0.5) is 0 Å². The van der Waals surface area contributed by atoms with E-state index in [0.717, 1.165) is 22.0 Å². The van der Waals surface area contributed by atoms with Gasteiger partial charge in [-0.15, -0.1) is 0 Å². The minimum atomic E-state index is 0.496. The molecule has 1 atom stereocenters. The lowest BCUT2D eigenvalue weighted by molar-refractivity contribution is 0.431. The minimum absolute atomic E-state index is 0.496. The average Bonchev–Trinajstić information content (AvgIpc) is 2.21. The molecule has 2 nitrogen and oxygen atoms in total. The van der Waals surface area contributed by atoms with Crippen LogP contribution in [0.25, 0.3) is 0 Å². The number of nitrogens with one attached hydrogen (secondary N) is 1. The lowest BCUT2D eigenvalue weighted by Crippen LogP contribution is -2.34. The molecule has 0 aliphatic heterocycles. The number of halogens is 2. The Morgan fingerprint density at radius 1 is 1.40 bits per heavy atom. The number of aromatic nitrogens is 1. The third kappa shape index (κ3) is 4.62. The fourth-order valence-corrected chi connectivity index (χ4v) is 2.43. The number of nitrogens with zero attached hydrogens (tertiary/aromatic N) is 1. The van der Waals surface area contributed by atoms with Gasteiger partial charge in [0, 0.05) is 28.6 Å². The molecule has 84 valence electrons. The second-order valence-corrected chi connectivity index (χ2v) is 5.42. The van der Waals surface area contributed by atoms with E-state index >= 15 is 0 Å². The number of alkyl halides is 1. The van der Waals surface area contributed by atoms with Crippen molar-refractivity contribution in [3.63, 3.8) is 0 Å². The summed E-state index contributed by atoms with van der Waals surface area (Å²) in [5.74, 6) is 0.625. The van der Waals surface area contributed by atoms with Crippen LogP contribution in [-0.2, 0) is 6.54 Å². The van der Waals surface area contributed by atoms with Gasteiger partial charge in [0.1, 0.15) is 0 Å². The normalized spacial score (nSPS) is 13.1. The van der Waals surface area contributed by atoms with Crippen LogP contribution in [0, 0.1) is 5.92 Å². The third-order valence-corrected chi connectivity index (χ3v) is 3.47. The molecule has 0 aliphatic carbocycles. The Labute approximate surface area is 108 Å². The van der Waals surface area contributed by atoms with Gasteiger partial charge in [0.15, 0.2) is 0 Å². The largest absolute Gasteiger partial charge is 0.307 e. The van der Waals surface area contributed by atoms with Crippen LogP contribution in [0.5, 0.6) is 0 Å². The van der Waals surface area contributed by atoms with Crippen molar-refractivity contribution < 1.29 is 0 Å². The van der Waals surface area contributed by atoms with E-state index in [1.54, 1.807) is 0 Å². The summed E-state index contributed by atoms with van der Waals surface area (Å²) >= 11 is 6.88. The standard InChI is InChI=1S/C11H16Br2N2/c1-8(2)11(5-12)15-7-10-4-3-9(13)6-14-10/h3-4,6,8,11,15H,5,7H2,1-2H3. The Kier molecular flexibility index (Phi) is 5.79. The van der Waals surface area contributed by atoms with E-state index in [0.29, 0.717) is 12.0 Å². The molecule has 0 aliphatic rings. The quantitative estimate of drug-likeness (QED) is 0.835. The molecule has 0 saturated heterocycles. The van der Waals surface area contributed by atoms with Crippen molar-refractivity contribution in [1.82, 2.24) is 10.3 Å². The summed E-state index contributed by atoms with van der Waals surface area (Å²) in [5, 5.41) is 4.45. The van der Waals surface area contributed by atoms with Crippen LogP contribution in [-0.4, -0.2) is 16.4 Å².